The Balaban J connectivity index is 1.42. The van der Waals surface area contributed by atoms with Gasteiger partial charge >= 0.3 is 0 Å². The molecule has 4 rings (SSSR count). The van der Waals surface area contributed by atoms with Crippen LogP contribution in [-0.4, -0.2) is 39.7 Å². The van der Waals surface area contributed by atoms with E-state index in [-0.39, 0.29) is 18.4 Å². The molecule has 0 saturated carbocycles. The summed E-state index contributed by atoms with van der Waals surface area (Å²) in [7, 11) is 1.62. The number of aromatic nitrogens is 3. The summed E-state index contributed by atoms with van der Waals surface area (Å²) >= 11 is 0. The third kappa shape index (κ3) is 4.80. The molecule has 2 heterocycles. The fraction of sp³-hybridized carbons (Fsp3) is 0.208. The minimum absolute atomic E-state index is 0.256. The van der Waals surface area contributed by atoms with E-state index in [1.807, 2.05) is 67.0 Å². The number of benzene rings is 2. The first-order valence-electron chi connectivity index (χ1n) is 10.3. The largest absolute Gasteiger partial charge is 0.497 e. The Bertz CT molecular complexity index is 1230. The number of aromatic amines is 1. The van der Waals surface area contributed by atoms with Crippen molar-refractivity contribution in [3.8, 4) is 11.4 Å². The van der Waals surface area contributed by atoms with E-state index in [0.717, 1.165) is 27.9 Å². The standard InChI is InChI=1S/C24H25N5O3/c1-16(30)27-23(13-17-14-25-22-6-4-3-5-21(17)22)24(31)26-15-18-11-12-29(28-18)19-7-9-20(32-2)10-8-19/h3-12,14,23,25H,13,15H2,1-2H3,(H,26,31)(H,27,30). The van der Waals surface area contributed by atoms with Crippen molar-refractivity contribution in [1.29, 1.82) is 0 Å². The SMILES string of the molecule is COc1ccc(-n2ccc(CNC(=O)C(Cc3c[nH]c4ccccc34)NC(C)=O)n2)cc1. The number of para-hydroxylation sites is 1. The summed E-state index contributed by atoms with van der Waals surface area (Å²) in [5, 5.41) is 11.2. The van der Waals surface area contributed by atoms with E-state index >= 15 is 0 Å². The van der Waals surface area contributed by atoms with Crippen molar-refractivity contribution in [2.75, 3.05) is 7.11 Å². The minimum atomic E-state index is -0.685. The van der Waals surface area contributed by atoms with E-state index in [0.29, 0.717) is 12.1 Å². The van der Waals surface area contributed by atoms with Gasteiger partial charge in [-0.25, -0.2) is 4.68 Å². The van der Waals surface area contributed by atoms with Gasteiger partial charge in [0.15, 0.2) is 0 Å². The van der Waals surface area contributed by atoms with Crippen LogP contribution in [0.15, 0.2) is 67.0 Å². The van der Waals surface area contributed by atoms with Gasteiger partial charge in [0.2, 0.25) is 11.8 Å². The van der Waals surface area contributed by atoms with Gasteiger partial charge in [0.25, 0.3) is 0 Å². The summed E-state index contributed by atoms with van der Waals surface area (Å²) in [5.74, 6) is 0.255. The summed E-state index contributed by atoms with van der Waals surface area (Å²) in [4.78, 5) is 27.8. The molecule has 2 aromatic heterocycles. The summed E-state index contributed by atoms with van der Waals surface area (Å²) in [6, 6.07) is 16.6. The molecule has 0 saturated heterocycles. The van der Waals surface area contributed by atoms with Crippen LogP contribution in [0, 0.1) is 0 Å². The predicted octanol–water partition coefficient (Wildman–Crippen LogP) is 2.73. The molecular formula is C24H25N5O3. The van der Waals surface area contributed by atoms with Crippen LogP contribution >= 0.6 is 0 Å². The Hall–Kier alpha value is -4.07. The average molecular weight is 431 g/mol. The summed E-state index contributed by atoms with van der Waals surface area (Å²) in [6.07, 6.45) is 4.10. The molecule has 3 N–H and O–H groups in total. The van der Waals surface area contributed by atoms with Crippen LogP contribution in [0.1, 0.15) is 18.2 Å². The molecule has 2 aromatic carbocycles. The van der Waals surface area contributed by atoms with Crippen molar-refractivity contribution in [2.45, 2.75) is 25.9 Å². The van der Waals surface area contributed by atoms with Crippen LogP contribution in [0.5, 0.6) is 5.75 Å². The number of ether oxygens (including phenoxy) is 1. The second kappa shape index (κ2) is 9.38. The third-order valence-electron chi connectivity index (χ3n) is 5.22. The van der Waals surface area contributed by atoms with Crippen molar-refractivity contribution in [3.05, 3.63) is 78.2 Å². The maximum absolute atomic E-state index is 12.9. The molecule has 8 nitrogen and oxygen atoms in total. The zero-order valence-electron chi connectivity index (χ0n) is 18.0. The Morgan fingerprint density at radius 2 is 1.91 bits per heavy atom. The van der Waals surface area contributed by atoms with E-state index in [1.54, 1.807) is 11.8 Å². The van der Waals surface area contributed by atoms with Gasteiger partial charge in [-0.15, -0.1) is 0 Å². The Kier molecular flexibility index (Phi) is 6.21. The number of hydrogen-bond acceptors (Lipinski definition) is 4. The number of fused-ring (bicyclic) bond motifs is 1. The maximum Gasteiger partial charge on any atom is 0.243 e. The zero-order chi connectivity index (χ0) is 22.5. The molecule has 164 valence electrons. The van der Waals surface area contributed by atoms with Gasteiger partial charge in [-0.2, -0.15) is 5.10 Å². The normalized spacial score (nSPS) is 11.8. The minimum Gasteiger partial charge on any atom is -0.497 e. The molecule has 1 unspecified atom stereocenters. The number of nitrogens with one attached hydrogen (secondary N) is 3. The Morgan fingerprint density at radius 3 is 2.66 bits per heavy atom. The van der Waals surface area contributed by atoms with Crippen molar-refractivity contribution in [2.24, 2.45) is 0 Å². The summed E-state index contributed by atoms with van der Waals surface area (Å²) in [6.45, 7) is 1.66. The van der Waals surface area contributed by atoms with Gasteiger partial charge < -0.3 is 20.4 Å². The fourth-order valence-corrected chi connectivity index (χ4v) is 3.61. The predicted molar refractivity (Wildman–Crippen MR) is 122 cm³/mol. The average Bonchev–Trinajstić information content (AvgIpc) is 3.44. The van der Waals surface area contributed by atoms with Gasteiger partial charge in [-0.05, 0) is 42.0 Å². The Morgan fingerprint density at radius 1 is 1.12 bits per heavy atom. The number of rotatable bonds is 8. The number of H-pyrrole nitrogens is 1. The van der Waals surface area contributed by atoms with Crippen molar-refractivity contribution < 1.29 is 14.3 Å². The molecule has 8 heteroatoms. The second-order valence-electron chi connectivity index (χ2n) is 7.48. The first kappa shape index (κ1) is 21.2. The third-order valence-corrected chi connectivity index (χ3v) is 5.22. The van der Waals surface area contributed by atoms with Crippen LogP contribution in [0.3, 0.4) is 0 Å². The molecule has 0 aliphatic rings. The van der Waals surface area contributed by atoms with Crippen LogP contribution in [-0.2, 0) is 22.6 Å². The lowest BCUT2D eigenvalue weighted by Crippen LogP contribution is -2.47. The van der Waals surface area contributed by atoms with Crippen LogP contribution < -0.4 is 15.4 Å². The highest BCUT2D eigenvalue weighted by Crippen LogP contribution is 2.19. The fourth-order valence-electron chi connectivity index (χ4n) is 3.61. The molecule has 4 aromatic rings. The highest BCUT2D eigenvalue weighted by Gasteiger charge is 2.21. The number of carbonyl (C=O) groups is 2. The Labute approximate surface area is 185 Å². The highest BCUT2D eigenvalue weighted by molar-refractivity contribution is 5.89. The number of nitrogens with zero attached hydrogens (tertiary/aromatic N) is 2. The summed E-state index contributed by atoms with van der Waals surface area (Å²) < 4.78 is 6.91. The van der Waals surface area contributed by atoms with E-state index in [9.17, 15) is 9.59 Å². The number of hydrogen-bond donors (Lipinski definition) is 3. The molecule has 32 heavy (non-hydrogen) atoms. The van der Waals surface area contributed by atoms with Gasteiger partial charge in [0.1, 0.15) is 11.8 Å². The van der Waals surface area contributed by atoms with Crippen molar-refractivity contribution in [3.63, 3.8) is 0 Å². The second-order valence-corrected chi connectivity index (χ2v) is 7.48. The molecular weight excluding hydrogens is 406 g/mol. The molecule has 0 radical (unpaired) electrons. The van der Waals surface area contributed by atoms with E-state index in [2.05, 4.69) is 20.7 Å². The number of carbonyl (C=O) groups excluding carboxylic acids is 2. The first-order valence-corrected chi connectivity index (χ1v) is 10.3. The zero-order valence-corrected chi connectivity index (χ0v) is 18.0. The van der Waals surface area contributed by atoms with Crippen LogP contribution in [0.2, 0.25) is 0 Å². The molecule has 0 aliphatic carbocycles. The van der Waals surface area contributed by atoms with E-state index < -0.39 is 6.04 Å². The van der Waals surface area contributed by atoms with Crippen molar-refractivity contribution >= 4 is 22.7 Å². The molecule has 2 amide bonds. The van der Waals surface area contributed by atoms with Crippen LogP contribution in [0.4, 0.5) is 0 Å². The van der Waals surface area contributed by atoms with Gasteiger partial charge in [-0.3, -0.25) is 9.59 Å². The first-order chi connectivity index (χ1) is 15.5. The van der Waals surface area contributed by atoms with E-state index in [1.165, 1.54) is 6.92 Å². The molecule has 0 spiro atoms. The summed E-state index contributed by atoms with van der Waals surface area (Å²) in [5.41, 5.74) is 3.56. The topological polar surface area (TPSA) is 101 Å². The van der Waals surface area contributed by atoms with Gasteiger partial charge in [-0.1, -0.05) is 18.2 Å². The van der Waals surface area contributed by atoms with Crippen LogP contribution in [0.25, 0.3) is 16.6 Å². The number of methoxy groups -OCH3 is 1. The smallest absolute Gasteiger partial charge is 0.243 e. The quantitative estimate of drug-likeness (QED) is 0.399. The maximum atomic E-state index is 12.9. The van der Waals surface area contributed by atoms with Crippen molar-refractivity contribution in [1.82, 2.24) is 25.4 Å². The highest BCUT2D eigenvalue weighted by atomic mass is 16.5. The van der Waals surface area contributed by atoms with E-state index in [4.69, 9.17) is 4.74 Å². The molecule has 0 aliphatic heterocycles. The lowest BCUT2D eigenvalue weighted by atomic mass is 10.0. The van der Waals surface area contributed by atoms with Gasteiger partial charge in [0, 0.05) is 36.6 Å². The lowest BCUT2D eigenvalue weighted by molar-refractivity contribution is -0.128. The monoisotopic (exact) mass is 431 g/mol. The molecule has 0 bridgehead atoms. The lowest BCUT2D eigenvalue weighted by Gasteiger charge is -2.17. The molecule has 0 fully saturated rings. The van der Waals surface area contributed by atoms with Gasteiger partial charge in [0.05, 0.1) is 25.0 Å². The number of amides is 2. The molecule has 1 atom stereocenters.